The summed E-state index contributed by atoms with van der Waals surface area (Å²) in [5.74, 6) is 24.2. The Hall–Kier alpha value is -10.5. The molecule has 0 aliphatic rings. The minimum atomic E-state index is -0.311. The lowest BCUT2D eigenvalue weighted by Gasteiger charge is -2.34. The Labute approximate surface area is 712 Å². The summed E-state index contributed by atoms with van der Waals surface area (Å²) in [6, 6.07) is 0. The summed E-state index contributed by atoms with van der Waals surface area (Å²) in [6.07, 6.45) is 64.4. The summed E-state index contributed by atoms with van der Waals surface area (Å²) in [5.41, 5.74) is 5.71. The van der Waals surface area contributed by atoms with Gasteiger partial charge in [0.25, 0.3) is 0 Å². The highest BCUT2D eigenvalue weighted by Crippen LogP contribution is 2.15. The molecule has 0 saturated carbocycles. The molecule has 0 heterocycles. The molecule has 0 radical (unpaired) electrons. The van der Waals surface area contributed by atoms with E-state index in [2.05, 4.69) is 64.5 Å². The summed E-state index contributed by atoms with van der Waals surface area (Å²) in [5, 5.41) is 2.85. The van der Waals surface area contributed by atoms with Crippen molar-refractivity contribution >= 4 is 82.6 Å². The van der Waals surface area contributed by atoms with E-state index >= 15 is 0 Å². The lowest BCUT2D eigenvalue weighted by Crippen LogP contribution is -2.50. The summed E-state index contributed by atoms with van der Waals surface area (Å²) >= 11 is 1.64. The Morgan fingerprint density at radius 2 is 0.398 bits per heavy atom. The van der Waals surface area contributed by atoms with Crippen LogP contribution in [-0.4, -0.2) is 293 Å². The molecule has 0 aromatic rings. The number of thioether (sulfide) groups is 1. The van der Waals surface area contributed by atoms with Crippen LogP contribution in [0, 0.1) is 123 Å². The van der Waals surface area contributed by atoms with Crippen molar-refractivity contribution in [3.63, 3.8) is 0 Å². The van der Waals surface area contributed by atoms with E-state index in [1.165, 1.54) is 0 Å². The van der Waals surface area contributed by atoms with E-state index in [-0.39, 0.29) is 292 Å². The summed E-state index contributed by atoms with van der Waals surface area (Å²) in [7, 11) is 0. The van der Waals surface area contributed by atoms with Gasteiger partial charge in [0.05, 0.1) is 0 Å². The largest absolute Gasteiger partial charge is 0.354 e. The van der Waals surface area contributed by atoms with E-state index in [0.29, 0.717) is 147 Å². The van der Waals surface area contributed by atoms with Crippen LogP contribution in [0.5, 0.6) is 0 Å². The Balaban J connectivity index is 7.68. The van der Waals surface area contributed by atoms with Crippen molar-refractivity contribution in [1.82, 2.24) is 59.2 Å². The summed E-state index contributed by atoms with van der Waals surface area (Å²) in [6.45, 7) is 5.74. The number of hydrogen-bond acceptors (Lipinski definition) is 14. The van der Waals surface area contributed by atoms with E-state index in [4.69, 9.17) is 70.0 Å². The van der Waals surface area contributed by atoms with Gasteiger partial charge in [0.1, 0.15) is 0 Å². The van der Waals surface area contributed by atoms with E-state index < -0.39 is 0 Å². The average Bonchev–Trinajstić information content (AvgIpc) is 0.874. The third kappa shape index (κ3) is 51.6. The second-order valence-corrected chi connectivity index (χ2v) is 29.4. The van der Waals surface area contributed by atoms with Crippen molar-refractivity contribution < 1.29 is 57.5 Å². The number of carbonyl (C=O) groups excluding carboxylic acids is 12. The number of carbonyl (C=O) groups is 12. The highest BCUT2D eigenvalue weighted by atomic mass is 32.2. The molecule has 25 nitrogen and oxygen atoms in total. The topological polar surface area (TPSA) is 279 Å². The highest BCUT2D eigenvalue weighted by Gasteiger charge is 2.28. The number of hydrogen-bond donors (Lipinski definition) is 2. The van der Waals surface area contributed by atoms with Crippen LogP contribution >= 0.6 is 11.8 Å². The number of nitrogens with zero attached hydrogens (tertiary/aromatic N) is 11. The number of nitrogens with two attached hydrogens (primary N) is 1. The van der Waals surface area contributed by atoms with Gasteiger partial charge in [-0.25, -0.2) is 0 Å². The van der Waals surface area contributed by atoms with E-state index in [0.717, 1.165) is 5.75 Å². The van der Waals surface area contributed by atoms with Crippen molar-refractivity contribution in [3.05, 3.63) is 0 Å². The highest BCUT2D eigenvalue weighted by molar-refractivity contribution is 7.99. The summed E-state index contributed by atoms with van der Waals surface area (Å²) in [4.78, 5) is 186. The predicted octanol–water partition coefficient (Wildman–Crippen LogP) is 6.76. The molecule has 0 atom stereocenters. The maximum absolute atomic E-state index is 14.6. The fourth-order valence-electron chi connectivity index (χ4n) is 12.5. The molecule has 0 aliphatic carbocycles. The van der Waals surface area contributed by atoms with Crippen molar-refractivity contribution in [2.75, 3.05) is 169 Å². The minimum absolute atomic E-state index is 0.00181. The lowest BCUT2D eigenvalue weighted by atomic mass is 10.2. The number of terminal acetylenes is 10. The van der Waals surface area contributed by atoms with Gasteiger partial charge in [-0.2, -0.15) is 11.8 Å². The Morgan fingerprint density at radius 3 is 0.568 bits per heavy atom. The van der Waals surface area contributed by atoms with Crippen molar-refractivity contribution in [2.24, 2.45) is 5.73 Å². The zero-order chi connectivity index (χ0) is 87.8. The monoisotopic (exact) mass is 1650 g/mol. The Kier molecular flexibility index (Phi) is 65.5. The lowest BCUT2D eigenvalue weighted by molar-refractivity contribution is -0.139. The van der Waals surface area contributed by atoms with Crippen LogP contribution in [0.15, 0.2) is 0 Å². The number of nitrogens with one attached hydrogen (secondary N) is 1. The smallest absolute Gasteiger partial charge is 0.222 e. The molecule has 118 heavy (non-hydrogen) atoms. The molecule has 0 aromatic carbocycles. The second-order valence-electron chi connectivity index (χ2n) is 28.2. The number of rotatable bonds is 70. The number of amides is 12. The molecule has 0 fully saturated rings. The maximum Gasteiger partial charge on any atom is 0.222 e. The van der Waals surface area contributed by atoms with Crippen molar-refractivity contribution in [3.8, 4) is 123 Å². The summed E-state index contributed by atoms with van der Waals surface area (Å²) < 4.78 is 0. The first-order valence-corrected chi connectivity index (χ1v) is 43.2. The van der Waals surface area contributed by atoms with Gasteiger partial charge in [0, 0.05) is 310 Å². The zero-order valence-electron chi connectivity index (χ0n) is 71.1. The van der Waals surface area contributed by atoms with Crippen molar-refractivity contribution in [1.29, 1.82) is 0 Å². The zero-order valence-corrected chi connectivity index (χ0v) is 71.9. The quantitative estimate of drug-likeness (QED) is 0.0470. The molecule has 26 heteroatoms. The first-order valence-electron chi connectivity index (χ1n) is 42.0. The molecular weight excluding hydrogens is 1510 g/mol. The number of unbranched alkanes of at least 4 members (excludes halogenated alkanes) is 10. The Morgan fingerprint density at radius 1 is 0.237 bits per heavy atom. The van der Waals surface area contributed by atoms with Crippen LogP contribution in [0.2, 0.25) is 0 Å². The molecule has 0 bridgehead atoms. The molecule has 3 N–H and O–H groups in total. The van der Waals surface area contributed by atoms with Gasteiger partial charge < -0.3 is 64.9 Å². The van der Waals surface area contributed by atoms with Gasteiger partial charge in [-0.15, -0.1) is 123 Å². The fourth-order valence-corrected chi connectivity index (χ4v) is 13.2. The molecule has 0 aromatic heterocycles. The normalized spacial score (nSPS) is 10.3. The SMILES string of the molecule is C#CCCCC(=O)NCCN(CCN(CCN(CCN(CCN(CCN(CCN(CCN(CCN(CCN(CCN(CCSCCN)C(=O)CC)C(=O)CC)C(=O)CCCC#C)C(=O)CCCC#C)C(=O)CCCC#C)C(=O)CCCC#C)C(=O)CCCC#C)C(=O)CCCC#C)C(=O)CCCC#C)C(=O)CCCC#C)C(=O)CCCC#C. The van der Waals surface area contributed by atoms with E-state index in [1.54, 1.807) is 79.5 Å². The van der Waals surface area contributed by atoms with Crippen LogP contribution < -0.4 is 11.1 Å². The van der Waals surface area contributed by atoms with Gasteiger partial charge in [0.2, 0.25) is 70.9 Å². The standard InChI is InChI=1S/C92H135N13O12S/c1-13-25-35-45-81(106)94-56-57-95(84(109)46-36-26-14-2)58-61-97(85(110)47-37-27-15-3)63-65-99(87(112)49-39-29-17-5)67-69-101(89(114)51-41-31-19-7)71-73-103(91(116)53-43-33-21-9)75-76-104(92(117)54-44-34-22-10)74-72-102(90(115)52-42-32-20-8)70-68-100(88(113)50-40-30-18-6)66-64-98(86(111)48-38-28-16-4)62-59-96(82(107)23-11)60-77-105(83(108)24-12)78-80-118-79-55-93/h1-10H,23-80,93H2,11-12H3,(H,94,106). The van der Waals surface area contributed by atoms with Crippen LogP contribution in [0.3, 0.4) is 0 Å². The van der Waals surface area contributed by atoms with E-state index in [1.807, 2.05) is 0 Å². The average molecular weight is 1650 g/mol. The molecular formula is C92H135N13O12S. The third-order valence-corrected chi connectivity index (χ3v) is 20.5. The van der Waals surface area contributed by atoms with Crippen LogP contribution in [-0.2, 0) is 57.5 Å². The van der Waals surface area contributed by atoms with E-state index in [9.17, 15) is 57.5 Å². The van der Waals surface area contributed by atoms with Crippen LogP contribution in [0.25, 0.3) is 0 Å². The molecule has 0 spiro atoms. The molecule has 646 valence electrons. The van der Waals surface area contributed by atoms with Crippen molar-refractivity contribution in [2.45, 2.75) is 219 Å². The molecule has 0 saturated heterocycles. The third-order valence-electron chi connectivity index (χ3n) is 19.5. The molecule has 12 amide bonds. The van der Waals surface area contributed by atoms with Gasteiger partial charge in [-0.3, -0.25) is 57.5 Å². The van der Waals surface area contributed by atoms with Gasteiger partial charge in [-0.05, 0) is 64.2 Å². The molecule has 0 unspecified atom stereocenters. The van der Waals surface area contributed by atoms with Gasteiger partial charge in [0.15, 0.2) is 0 Å². The van der Waals surface area contributed by atoms with Crippen LogP contribution in [0.4, 0.5) is 0 Å². The van der Waals surface area contributed by atoms with Gasteiger partial charge >= 0.3 is 0 Å². The predicted molar refractivity (Wildman–Crippen MR) is 469 cm³/mol. The first-order chi connectivity index (χ1) is 57.1. The Bertz CT molecular complexity index is 3460. The maximum atomic E-state index is 14.6. The molecule has 0 rings (SSSR count). The fraction of sp³-hybridized carbons (Fsp3) is 0.652. The minimum Gasteiger partial charge on any atom is -0.354 e. The van der Waals surface area contributed by atoms with Gasteiger partial charge in [-0.1, -0.05) is 13.8 Å². The van der Waals surface area contributed by atoms with Crippen LogP contribution in [0.1, 0.15) is 219 Å². The molecule has 0 aliphatic heterocycles. The first kappa shape index (κ1) is 108. The second kappa shape index (κ2) is 71.8.